The number of anilines is 1. The number of hydrogen-bond acceptors (Lipinski definition) is 2. The zero-order valence-electron chi connectivity index (χ0n) is 13.1. The molecule has 21 heavy (non-hydrogen) atoms. The lowest BCUT2D eigenvalue weighted by molar-refractivity contribution is 0.138. The van der Waals surface area contributed by atoms with E-state index in [1.807, 2.05) is 0 Å². The van der Waals surface area contributed by atoms with Gasteiger partial charge in [0.1, 0.15) is 11.4 Å². The van der Waals surface area contributed by atoms with E-state index in [1.54, 1.807) is 0 Å². The van der Waals surface area contributed by atoms with E-state index in [0.717, 1.165) is 25.1 Å². The Bertz CT molecular complexity index is 646. The summed E-state index contributed by atoms with van der Waals surface area (Å²) in [5.41, 5.74) is 5.11. The second-order valence-electron chi connectivity index (χ2n) is 6.39. The Kier molecular flexibility index (Phi) is 3.62. The third-order valence-electron chi connectivity index (χ3n) is 3.96. The fourth-order valence-corrected chi connectivity index (χ4v) is 2.88. The van der Waals surface area contributed by atoms with Crippen molar-refractivity contribution in [3.05, 3.63) is 59.2 Å². The second kappa shape index (κ2) is 5.44. The number of benzene rings is 2. The number of rotatable bonds is 4. The summed E-state index contributed by atoms with van der Waals surface area (Å²) in [6.45, 7) is 7.31. The first kappa shape index (κ1) is 14.0. The molecule has 1 N–H and O–H groups in total. The highest BCUT2D eigenvalue weighted by Crippen LogP contribution is 2.35. The van der Waals surface area contributed by atoms with Crippen LogP contribution in [0.15, 0.2) is 42.5 Å². The third-order valence-corrected chi connectivity index (χ3v) is 3.96. The first-order valence-corrected chi connectivity index (χ1v) is 7.69. The molecule has 0 spiro atoms. The molecule has 3 rings (SSSR count). The van der Waals surface area contributed by atoms with E-state index in [4.69, 9.17) is 4.74 Å². The zero-order chi connectivity index (χ0) is 14.9. The number of ether oxygens (including phenoxy) is 1. The first-order valence-electron chi connectivity index (χ1n) is 7.69. The molecule has 0 saturated carbocycles. The Morgan fingerprint density at radius 3 is 2.76 bits per heavy atom. The van der Waals surface area contributed by atoms with Crippen molar-refractivity contribution in [2.75, 3.05) is 5.32 Å². The van der Waals surface area contributed by atoms with Gasteiger partial charge in [-0.25, -0.2) is 0 Å². The molecule has 110 valence electrons. The van der Waals surface area contributed by atoms with Gasteiger partial charge in [-0.15, -0.1) is 0 Å². The molecule has 1 aliphatic heterocycles. The van der Waals surface area contributed by atoms with Gasteiger partial charge in [-0.2, -0.15) is 0 Å². The highest BCUT2D eigenvalue weighted by Gasteiger charge is 2.29. The van der Waals surface area contributed by atoms with Gasteiger partial charge in [0, 0.05) is 18.7 Å². The zero-order valence-corrected chi connectivity index (χ0v) is 13.1. The Balaban J connectivity index is 1.69. The van der Waals surface area contributed by atoms with Crippen molar-refractivity contribution in [1.82, 2.24) is 0 Å². The third kappa shape index (κ3) is 3.21. The fraction of sp³-hybridized carbons (Fsp3) is 0.368. The summed E-state index contributed by atoms with van der Waals surface area (Å²) in [6.07, 6.45) is 2.06. The Morgan fingerprint density at radius 2 is 1.95 bits per heavy atom. The van der Waals surface area contributed by atoms with Crippen LogP contribution >= 0.6 is 0 Å². The van der Waals surface area contributed by atoms with Gasteiger partial charge < -0.3 is 10.1 Å². The average Bonchev–Trinajstić information content (AvgIpc) is 2.78. The van der Waals surface area contributed by atoms with Crippen LogP contribution in [0.5, 0.6) is 5.75 Å². The first-order chi connectivity index (χ1) is 10.1. The van der Waals surface area contributed by atoms with Gasteiger partial charge in [-0.3, -0.25) is 0 Å². The lowest BCUT2D eigenvalue weighted by Gasteiger charge is -2.16. The minimum absolute atomic E-state index is 0.0656. The summed E-state index contributed by atoms with van der Waals surface area (Å²) in [5.74, 6) is 1.04. The molecule has 0 unspecified atom stereocenters. The van der Waals surface area contributed by atoms with Crippen LogP contribution in [-0.2, 0) is 19.4 Å². The van der Waals surface area contributed by atoms with Gasteiger partial charge in [-0.05, 0) is 55.2 Å². The van der Waals surface area contributed by atoms with Crippen molar-refractivity contribution in [1.29, 1.82) is 0 Å². The van der Waals surface area contributed by atoms with Crippen LogP contribution in [0.25, 0.3) is 0 Å². The van der Waals surface area contributed by atoms with Crippen molar-refractivity contribution >= 4 is 5.69 Å². The SMILES string of the molecule is CCc1cccc(NCc2ccc3c(c2)CC(C)(C)O3)c1. The van der Waals surface area contributed by atoms with E-state index < -0.39 is 0 Å². The molecule has 0 atom stereocenters. The molecule has 0 aromatic heterocycles. The van der Waals surface area contributed by atoms with E-state index in [1.165, 1.54) is 22.4 Å². The van der Waals surface area contributed by atoms with E-state index in [2.05, 4.69) is 68.6 Å². The molecule has 0 radical (unpaired) electrons. The lowest BCUT2D eigenvalue weighted by atomic mass is 10.0. The van der Waals surface area contributed by atoms with E-state index in [-0.39, 0.29) is 5.60 Å². The monoisotopic (exact) mass is 281 g/mol. The molecule has 2 aromatic carbocycles. The van der Waals surface area contributed by atoms with Gasteiger partial charge in [-0.1, -0.05) is 31.2 Å². The van der Waals surface area contributed by atoms with Gasteiger partial charge in [0.25, 0.3) is 0 Å². The number of fused-ring (bicyclic) bond motifs is 1. The summed E-state index contributed by atoms with van der Waals surface area (Å²) in [5, 5.41) is 3.51. The van der Waals surface area contributed by atoms with Gasteiger partial charge in [0.05, 0.1) is 0 Å². The van der Waals surface area contributed by atoms with Crippen molar-refractivity contribution in [2.45, 2.75) is 45.8 Å². The topological polar surface area (TPSA) is 21.3 Å². The maximum absolute atomic E-state index is 5.92. The largest absolute Gasteiger partial charge is 0.487 e. The quantitative estimate of drug-likeness (QED) is 0.886. The molecular weight excluding hydrogens is 258 g/mol. The molecule has 0 amide bonds. The van der Waals surface area contributed by atoms with Crippen molar-refractivity contribution < 1.29 is 4.74 Å². The highest BCUT2D eigenvalue weighted by molar-refractivity contribution is 5.47. The predicted molar refractivity (Wildman–Crippen MR) is 88.0 cm³/mol. The van der Waals surface area contributed by atoms with Gasteiger partial charge in [0.15, 0.2) is 0 Å². The maximum atomic E-state index is 5.92. The normalized spacial score (nSPS) is 15.4. The Morgan fingerprint density at radius 1 is 1.10 bits per heavy atom. The highest BCUT2D eigenvalue weighted by atomic mass is 16.5. The average molecular weight is 281 g/mol. The smallest absolute Gasteiger partial charge is 0.123 e. The molecule has 0 fully saturated rings. The van der Waals surface area contributed by atoms with Crippen LogP contribution in [0.3, 0.4) is 0 Å². The molecule has 2 aromatic rings. The van der Waals surface area contributed by atoms with Crippen molar-refractivity contribution in [3.8, 4) is 5.75 Å². The van der Waals surface area contributed by atoms with Crippen LogP contribution in [-0.4, -0.2) is 5.60 Å². The van der Waals surface area contributed by atoms with Crippen molar-refractivity contribution in [2.24, 2.45) is 0 Å². The fourth-order valence-electron chi connectivity index (χ4n) is 2.88. The lowest BCUT2D eigenvalue weighted by Crippen LogP contribution is -2.24. The van der Waals surface area contributed by atoms with Crippen LogP contribution < -0.4 is 10.1 Å². The summed E-state index contributed by atoms with van der Waals surface area (Å²) < 4.78 is 5.92. The standard InChI is InChI=1S/C19H23NO/c1-4-14-6-5-7-17(11-14)20-13-15-8-9-18-16(10-15)12-19(2,3)21-18/h5-11,20H,4,12-13H2,1-3H3. The van der Waals surface area contributed by atoms with Crippen molar-refractivity contribution in [3.63, 3.8) is 0 Å². The van der Waals surface area contributed by atoms with E-state index in [9.17, 15) is 0 Å². The Labute approximate surface area is 127 Å². The maximum Gasteiger partial charge on any atom is 0.123 e. The number of nitrogens with one attached hydrogen (secondary N) is 1. The molecule has 0 saturated heterocycles. The van der Waals surface area contributed by atoms with E-state index in [0.29, 0.717) is 0 Å². The molecule has 2 heteroatoms. The summed E-state index contributed by atoms with van der Waals surface area (Å²) in [7, 11) is 0. The van der Waals surface area contributed by atoms with Crippen LogP contribution in [0, 0.1) is 0 Å². The molecule has 0 aliphatic carbocycles. The molecule has 2 nitrogen and oxygen atoms in total. The summed E-state index contributed by atoms with van der Waals surface area (Å²) >= 11 is 0. The molecule has 1 aliphatic rings. The van der Waals surface area contributed by atoms with Crippen LogP contribution in [0.2, 0.25) is 0 Å². The molecular formula is C19H23NO. The summed E-state index contributed by atoms with van der Waals surface area (Å²) in [6, 6.07) is 15.1. The van der Waals surface area contributed by atoms with Crippen LogP contribution in [0.4, 0.5) is 5.69 Å². The predicted octanol–water partition coefficient (Wildman–Crippen LogP) is 4.57. The summed E-state index contributed by atoms with van der Waals surface area (Å²) in [4.78, 5) is 0. The minimum atomic E-state index is -0.0656. The second-order valence-corrected chi connectivity index (χ2v) is 6.39. The molecule has 1 heterocycles. The molecule has 0 bridgehead atoms. The minimum Gasteiger partial charge on any atom is -0.487 e. The van der Waals surface area contributed by atoms with Crippen LogP contribution in [0.1, 0.15) is 37.5 Å². The Hall–Kier alpha value is -1.96. The van der Waals surface area contributed by atoms with Gasteiger partial charge >= 0.3 is 0 Å². The van der Waals surface area contributed by atoms with Gasteiger partial charge in [0.2, 0.25) is 0 Å². The number of aryl methyl sites for hydroxylation is 1. The number of hydrogen-bond donors (Lipinski definition) is 1. The van der Waals surface area contributed by atoms with E-state index >= 15 is 0 Å².